The number of sulfone groups is 1. The number of rotatable bonds is 7. The summed E-state index contributed by atoms with van der Waals surface area (Å²) in [6, 6.07) is 4.45. The van der Waals surface area contributed by atoms with Gasteiger partial charge in [-0.3, -0.25) is 4.79 Å². The molecule has 118 valence electrons. The number of nitrogens with one attached hydrogen (secondary N) is 1. The Morgan fingerprint density at radius 2 is 2.05 bits per heavy atom. The molecule has 1 unspecified atom stereocenters. The molecule has 1 atom stereocenters. The van der Waals surface area contributed by atoms with E-state index in [2.05, 4.69) is 12.2 Å². The number of amides is 1. The summed E-state index contributed by atoms with van der Waals surface area (Å²) in [6.07, 6.45) is 2.84. The highest BCUT2D eigenvalue weighted by molar-refractivity contribution is 7.93. The van der Waals surface area contributed by atoms with Crippen molar-refractivity contribution >= 4 is 33.0 Å². The fraction of sp³-hybridized carbons (Fsp3) is 0.500. The van der Waals surface area contributed by atoms with E-state index in [1.165, 1.54) is 19.1 Å². The molecule has 0 radical (unpaired) electrons. The quantitative estimate of drug-likeness (QED) is 0.592. The number of hydrogen-bond acceptors (Lipinski definition) is 4. The van der Waals surface area contributed by atoms with Crippen LogP contribution in [0.2, 0.25) is 5.02 Å². The van der Waals surface area contributed by atoms with Crippen molar-refractivity contribution in [3.63, 3.8) is 0 Å². The van der Waals surface area contributed by atoms with Crippen LogP contribution in [0.15, 0.2) is 23.1 Å². The number of carbonyl (C=O) groups is 1. The van der Waals surface area contributed by atoms with Crippen LogP contribution < -0.4 is 11.1 Å². The molecule has 1 aromatic carbocycles. The number of nitrogens with two attached hydrogens (primary N) is 1. The minimum atomic E-state index is -3.91. The van der Waals surface area contributed by atoms with Crippen LogP contribution in [-0.4, -0.2) is 26.1 Å². The molecule has 0 saturated heterocycles. The highest BCUT2D eigenvalue weighted by Crippen LogP contribution is 2.30. The van der Waals surface area contributed by atoms with Gasteiger partial charge in [0, 0.05) is 6.54 Å². The Bertz CT molecular complexity index is 582. The van der Waals surface area contributed by atoms with Crippen LogP contribution in [0.3, 0.4) is 0 Å². The monoisotopic (exact) mass is 332 g/mol. The third-order valence-electron chi connectivity index (χ3n) is 3.20. The van der Waals surface area contributed by atoms with Gasteiger partial charge in [0.15, 0.2) is 9.84 Å². The summed E-state index contributed by atoms with van der Waals surface area (Å²) in [5, 5.41) is 1.42. The van der Waals surface area contributed by atoms with Gasteiger partial charge in [-0.05, 0) is 25.5 Å². The van der Waals surface area contributed by atoms with Crippen LogP contribution in [-0.2, 0) is 14.6 Å². The van der Waals surface area contributed by atoms with Crippen LogP contribution in [0, 0.1) is 0 Å². The molecular formula is C14H21ClN2O3S. The first-order valence-electron chi connectivity index (χ1n) is 6.88. The molecule has 1 amide bonds. The van der Waals surface area contributed by atoms with Crippen molar-refractivity contribution in [2.24, 2.45) is 0 Å². The van der Waals surface area contributed by atoms with Gasteiger partial charge in [-0.2, -0.15) is 0 Å². The fourth-order valence-electron chi connectivity index (χ4n) is 1.87. The van der Waals surface area contributed by atoms with E-state index in [9.17, 15) is 13.2 Å². The second-order valence-electron chi connectivity index (χ2n) is 4.84. The summed E-state index contributed by atoms with van der Waals surface area (Å²) < 4.78 is 25.0. The second kappa shape index (κ2) is 7.66. The van der Waals surface area contributed by atoms with Crippen molar-refractivity contribution in [3.8, 4) is 0 Å². The number of benzene rings is 1. The molecule has 1 rings (SSSR count). The zero-order valence-corrected chi connectivity index (χ0v) is 13.8. The van der Waals surface area contributed by atoms with E-state index in [1.54, 1.807) is 6.07 Å². The zero-order chi connectivity index (χ0) is 16.0. The molecule has 1 aromatic rings. The van der Waals surface area contributed by atoms with E-state index in [4.69, 9.17) is 17.3 Å². The van der Waals surface area contributed by atoms with Gasteiger partial charge in [0.2, 0.25) is 5.91 Å². The van der Waals surface area contributed by atoms with Gasteiger partial charge in [-0.1, -0.05) is 37.4 Å². The molecule has 0 spiro atoms. The first-order valence-corrected chi connectivity index (χ1v) is 8.80. The molecule has 0 bridgehead atoms. The van der Waals surface area contributed by atoms with Gasteiger partial charge in [-0.15, -0.1) is 0 Å². The average molecular weight is 333 g/mol. The topological polar surface area (TPSA) is 89.3 Å². The predicted molar refractivity (Wildman–Crippen MR) is 85.0 cm³/mol. The SMILES string of the molecule is CCCCCNC(=O)C(C)S(=O)(=O)c1c(N)cccc1Cl. The Morgan fingerprint density at radius 3 is 2.62 bits per heavy atom. The van der Waals surface area contributed by atoms with Crippen molar-refractivity contribution in [2.75, 3.05) is 12.3 Å². The lowest BCUT2D eigenvalue weighted by atomic mass is 10.2. The lowest BCUT2D eigenvalue weighted by Gasteiger charge is -2.15. The Balaban J connectivity index is 2.89. The van der Waals surface area contributed by atoms with E-state index >= 15 is 0 Å². The summed E-state index contributed by atoms with van der Waals surface area (Å²) in [7, 11) is -3.91. The maximum absolute atomic E-state index is 12.5. The highest BCUT2D eigenvalue weighted by atomic mass is 35.5. The van der Waals surface area contributed by atoms with E-state index in [1.807, 2.05) is 0 Å². The average Bonchev–Trinajstić information content (AvgIpc) is 2.42. The summed E-state index contributed by atoms with van der Waals surface area (Å²) in [5.74, 6) is -0.537. The van der Waals surface area contributed by atoms with E-state index in [-0.39, 0.29) is 15.6 Å². The van der Waals surface area contributed by atoms with Crippen molar-refractivity contribution in [3.05, 3.63) is 23.2 Å². The first-order chi connectivity index (χ1) is 9.82. The fourth-order valence-corrected chi connectivity index (χ4v) is 3.83. The Labute approximate surface area is 130 Å². The summed E-state index contributed by atoms with van der Waals surface area (Å²) in [5.41, 5.74) is 5.74. The van der Waals surface area contributed by atoms with E-state index in [0.29, 0.717) is 6.54 Å². The van der Waals surface area contributed by atoms with E-state index in [0.717, 1.165) is 19.3 Å². The second-order valence-corrected chi connectivity index (χ2v) is 7.46. The number of anilines is 1. The van der Waals surface area contributed by atoms with Gasteiger partial charge >= 0.3 is 0 Å². The summed E-state index contributed by atoms with van der Waals surface area (Å²) in [6.45, 7) is 3.85. The Hall–Kier alpha value is -1.27. The van der Waals surface area contributed by atoms with Crippen molar-refractivity contribution < 1.29 is 13.2 Å². The Kier molecular flexibility index (Phi) is 6.48. The molecule has 0 aliphatic rings. The molecule has 0 aliphatic carbocycles. The number of nitrogen functional groups attached to an aromatic ring is 1. The zero-order valence-electron chi connectivity index (χ0n) is 12.2. The van der Waals surface area contributed by atoms with E-state index < -0.39 is 21.0 Å². The number of unbranched alkanes of at least 4 members (excludes halogenated alkanes) is 2. The third-order valence-corrected chi connectivity index (χ3v) is 5.79. The standard InChI is InChI=1S/C14H21ClN2O3S/c1-3-4-5-9-17-14(18)10(2)21(19,20)13-11(15)7-6-8-12(13)16/h6-8,10H,3-5,9,16H2,1-2H3,(H,17,18). The largest absolute Gasteiger partial charge is 0.398 e. The molecule has 3 N–H and O–H groups in total. The first kappa shape index (κ1) is 17.8. The van der Waals surface area contributed by atoms with Crippen LogP contribution in [0.1, 0.15) is 33.1 Å². The number of hydrogen-bond donors (Lipinski definition) is 2. The summed E-state index contributed by atoms with van der Waals surface area (Å²) in [4.78, 5) is 11.8. The molecule has 21 heavy (non-hydrogen) atoms. The molecule has 7 heteroatoms. The molecule has 0 aromatic heterocycles. The lowest BCUT2D eigenvalue weighted by molar-refractivity contribution is -0.120. The van der Waals surface area contributed by atoms with Crippen LogP contribution in [0.5, 0.6) is 0 Å². The Morgan fingerprint density at radius 1 is 1.38 bits per heavy atom. The minimum Gasteiger partial charge on any atom is -0.398 e. The molecule has 5 nitrogen and oxygen atoms in total. The predicted octanol–water partition coefficient (Wildman–Crippen LogP) is 2.39. The highest BCUT2D eigenvalue weighted by Gasteiger charge is 2.32. The molecule has 0 heterocycles. The smallest absolute Gasteiger partial charge is 0.238 e. The number of carbonyl (C=O) groups excluding carboxylic acids is 1. The van der Waals surface area contributed by atoms with Gasteiger partial charge in [0.1, 0.15) is 10.1 Å². The van der Waals surface area contributed by atoms with Gasteiger partial charge in [0.05, 0.1) is 10.7 Å². The van der Waals surface area contributed by atoms with Crippen LogP contribution >= 0.6 is 11.6 Å². The van der Waals surface area contributed by atoms with Crippen molar-refractivity contribution in [2.45, 2.75) is 43.3 Å². The number of halogens is 1. The maximum Gasteiger partial charge on any atom is 0.238 e. The molecule has 0 aliphatic heterocycles. The molecular weight excluding hydrogens is 312 g/mol. The van der Waals surface area contributed by atoms with Crippen LogP contribution in [0.4, 0.5) is 5.69 Å². The lowest BCUT2D eigenvalue weighted by Crippen LogP contribution is -2.38. The normalized spacial score (nSPS) is 12.9. The van der Waals surface area contributed by atoms with Gasteiger partial charge < -0.3 is 11.1 Å². The van der Waals surface area contributed by atoms with Crippen molar-refractivity contribution in [1.82, 2.24) is 5.32 Å². The van der Waals surface area contributed by atoms with Crippen molar-refractivity contribution in [1.29, 1.82) is 0 Å². The minimum absolute atomic E-state index is 0.0284. The third kappa shape index (κ3) is 4.35. The van der Waals surface area contributed by atoms with Crippen LogP contribution in [0.25, 0.3) is 0 Å². The van der Waals surface area contributed by atoms with Gasteiger partial charge in [-0.25, -0.2) is 8.42 Å². The van der Waals surface area contributed by atoms with Gasteiger partial charge in [0.25, 0.3) is 0 Å². The maximum atomic E-state index is 12.5. The summed E-state index contributed by atoms with van der Waals surface area (Å²) >= 11 is 5.92. The molecule has 0 fully saturated rings. The molecule has 0 saturated carbocycles.